The van der Waals surface area contributed by atoms with Gasteiger partial charge in [-0.3, -0.25) is 4.79 Å². The number of fused-ring (bicyclic) bond motifs is 1. The Labute approximate surface area is 138 Å². The summed E-state index contributed by atoms with van der Waals surface area (Å²) in [6, 6.07) is 5.42. The summed E-state index contributed by atoms with van der Waals surface area (Å²) in [4.78, 5) is 44.1. The molecule has 1 aliphatic heterocycles. The van der Waals surface area contributed by atoms with Crippen molar-refractivity contribution in [2.45, 2.75) is 13.3 Å². The van der Waals surface area contributed by atoms with Crippen LogP contribution in [0.2, 0.25) is 0 Å². The number of carbonyl (C=O) groups excluding carboxylic acids is 2. The van der Waals surface area contributed by atoms with E-state index in [9.17, 15) is 14.4 Å². The molecule has 128 valence electrons. The molecule has 1 fully saturated rings. The van der Waals surface area contributed by atoms with Crippen LogP contribution in [0.1, 0.15) is 12.5 Å². The number of carbonyl (C=O) groups is 2. The minimum absolute atomic E-state index is 0.00995. The maximum atomic E-state index is 12.4. The molecule has 1 saturated heterocycles. The number of aromatic amines is 2. The van der Waals surface area contributed by atoms with E-state index in [0.717, 1.165) is 11.1 Å². The molecule has 2 N–H and O–H groups in total. The van der Waals surface area contributed by atoms with E-state index in [-0.39, 0.29) is 24.1 Å². The molecule has 0 atom stereocenters. The third-order valence-electron chi connectivity index (χ3n) is 4.09. The summed E-state index contributed by atoms with van der Waals surface area (Å²) in [5.41, 5.74) is 2.00. The number of hydrogen-bond acceptors (Lipinski definition) is 4. The quantitative estimate of drug-likeness (QED) is 0.864. The second-order valence-electron chi connectivity index (χ2n) is 5.70. The van der Waals surface area contributed by atoms with Crippen molar-refractivity contribution in [1.29, 1.82) is 0 Å². The SMILES string of the molecule is CCOC(=O)N1CCN(C(=O)Cc2ccc3[nH]c(=O)[nH]c3c2)CC1. The van der Waals surface area contributed by atoms with E-state index < -0.39 is 0 Å². The van der Waals surface area contributed by atoms with Crippen molar-refractivity contribution in [3.05, 3.63) is 34.2 Å². The molecule has 0 spiro atoms. The van der Waals surface area contributed by atoms with Crippen LogP contribution in [0.3, 0.4) is 0 Å². The van der Waals surface area contributed by atoms with Gasteiger partial charge < -0.3 is 24.5 Å². The van der Waals surface area contributed by atoms with E-state index in [4.69, 9.17) is 4.74 Å². The van der Waals surface area contributed by atoms with Crippen molar-refractivity contribution < 1.29 is 14.3 Å². The molecule has 0 bridgehead atoms. The number of nitrogens with one attached hydrogen (secondary N) is 2. The highest BCUT2D eigenvalue weighted by Crippen LogP contribution is 2.13. The lowest BCUT2D eigenvalue weighted by molar-refractivity contribution is -0.132. The fraction of sp³-hybridized carbons (Fsp3) is 0.438. The predicted molar refractivity (Wildman–Crippen MR) is 87.8 cm³/mol. The molecule has 2 heterocycles. The number of nitrogens with zero attached hydrogens (tertiary/aromatic N) is 2. The highest BCUT2D eigenvalue weighted by atomic mass is 16.6. The Morgan fingerprint density at radius 2 is 1.75 bits per heavy atom. The van der Waals surface area contributed by atoms with Gasteiger partial charge in [-0.1, -0.05) is 6.07 Å². The van der Waals surface area contributed by atoms with Crippen molar-refractivity contribution >= 4 is 23.0 Å². The first kappa shape index (κ1) is 16.1. The van der Waals surface area contributed by atoms with E-state index in [1.807, 2.05) is 6.07 Å². The first-order valence-corrected chi connectivity index (χ1v) is 7.97. The number of imidazole rings is 1. The van der Waals surface area contributed by atoms with Gasteiger partial charge in [0, 0.05) is 26.2 Å². The first-order valence-electron chi connectivity index (χ1n) is 7.97. The summed E-state index contributed by atoms with van der Waals surface area (Å²) in [6.07, 6.45) is -0.0609. The van der Waals surface area contributed by atoms with Crippen LogP contribution in [-0.4, -0.2) is 64.6 Å². The van der Waals surface area contributed by atoms with Gasteiger partial charge in [0.05, 0.1) is 24.1 Å². The second kappa shape index (κ2) is 6.77. The minimum atomic E-state index is -0.327. The molecule has 0 aliphatic carbocycles. The van der Waals surface area contributed by atoms with Gasteiger partial charge in [0.2, 0.25) is 5.91 Å². The number of aromatic nitrogens is 2. The number of rotatable bonds is 3. The Balaban J connectivity index is 1.59. The van der Waals surface area contributed by atoms with Crippen molar-refractivity contribution in [3.8, 4) is 0 Å². The molecule has 8 heteroatoms. The molecule has 24 heavy (non-hydrogen) atoms. The Hall–Kier alpha value is -2.77. The lowest BCUT2D eigenvalue weighted by Gasteiger charge is -2.34. The maximum Gasteiger partial charge on any atom is 0.409 e. The molecular formula is C16H20N4O4. The zero-order valence-corrected chi connectivity index (χ0v) is 13.5. The number of H-pyrrole nitrogens is 2. The molecule has 2 aromatic rings. The average Bonchev–Trinajstić information content (AvgIpc) is 2.94. The number of ether oxygens (including phenoxy) is 1. The minimum Gasteiger partial charge on any atom is -0.450 e. The van der Waals surface area contributed by atoms with Crippen molar-refractivity contribution in [1.82, 2.24) is 19.8 Å². The third-order valence-corrected chi connectivity index (χ3v) is 4.09. The molecule has 0 radical (unpaired) electrons. The Bertz CT molecular complexity index is 802. The van der Waals surface area contributed by atoms with Crippen LogP contribution < -0.4 is 5.69 Å². The zero-order chi connectivity index (χ0) is 17.1. The molecule has 0 saturated carbocycles. The zero-order valence-electron chi connectivity index (χ0n) is 13.5. The lowest BCUT2D eigenvalue weighted by atomic mass is 10.1. The monoisotopic (exact) mass is 332 g/mol. The molecule has 1 aromatic carbocycles. The van der Waals surface area contributed by atoms with Crippen LogP contribution in [0.15, 0.2) is 23.0 Å². The van der Waals surface area contributed by atoms with E-state index >= 15 is 0 Å². The number of benzene rings is 1. The Morgan fingerprint density at radius 1 is 1.08 bits per heavy atom. The first-order chi connectivity index (χ1) is 11.6. The van der Waals surface area contributed by atoms with Gasteiger partial charge in [-0.2, -0.15) is 0 Å². The van der Waals surface area contributed by atoms with Gasteiger partial charge in [-0.25, -0.2) is 9.59 Å². The third kappa shape index (κ3) is 3.42. The van der Waals surface area contributed by atoms with Gasteiger partial charge in [-0.15, -0.1) is 0 Å². The maximum absolute atomic E-state index is 12.4. The van der Waals surface area contributed by atoms with Gasteiger partial charge in [0.1, 0.15) is 0 Å². The number of amides is 2. The summed E-state index contributed by atoms with van der Waals surface area (Å²) in [5.74, 6) is 0.00995. The van der Waals surface area contributed by atoms with Crippen LogP contribution in [0.4, 0.5) is 4.79 Å². The summed E-state index contributed by atoms with van der Waals surface area (Å²) in [6.45, 7) is 4.08. The van der Waals surface area contributed by atoms with E-state index in [1.54, 1.807) is 28.9 Å². The normalized spacial score (nSPS) is 14.9. The largest absolute Gasteiger partial charge is 0.450 e. The molecule has 8 nitrogen and oxygen atoms in total. The summed E-state index contributed by atoms with van der Waals surface area (Å²) >= 11 is 0. The van der Waals surface area contributed by atoms with Gasteiger partial charge in [0.25, 0.3) is 0 Å². The molecule has 3 rings (SSSR count). The lowest BCUT2D eigenvalue weighted by Crippen LogP contribution is -2.51. The van der Waals surface area contributed by atoms with E-state index in [1.165, 1.54) is 0 Å². The summed E-state index contributed by atoms with van der Waals surface area (Å²) in [7, 11) is 0. The Kier molecular flexibility index (Phi) is 4.54. The molecule has 1 aliphatic rings. The highest BCUT2D eigenvalue weighted by molar-refractivity contribution is 5.82. The average molecular weight is 332 g/mol. The van der Waals surface area contributed by atoms with Crippen molar-refractivity contribution in [2.75, 3.05) is 32.8 Å². The predicted octanol–water partition coefficient (Wildman–Crippen LogP) is 0.699. The van der Waals surface area contributed by atoms with Crippen LogP contribution in [0, 0.1) is 0 Å². The second-order valence-corrected chi connectivity index (χ2v) is 5.70. The molecule has 2 amide bonds. The van der Waals surface area contributed by atoms with Gasteiger partial charge >= 0.3 is 11.8 Å². The van der Waals surface area contributed by atoms with Crippen LogP contribution >= 0.6 is 0 Å². The smallest absolute Gasteiger partial charge is 0.409 e. The van der Waals surface area contributed by atoms with Crippen molar-refractivity contribution in [2.24, 2.45) is 0 Å². The molecular weight excluding hydrogens is 312 g/mol. The standard InChI is InChI=1S/C16H20N4O4/c1-2-24-16(23)20-7-5-19(6-8-20)14(21)10-11-3-4-12-13(9-11)18-15(22)17-12/h3-4,9H,2,5-8,10H2,1H3,(H2,17,18,22). The topological polar surface area (TPSA) is 98.5 Å². The highest BCUT2D eigenvalue weighted by Gasteiger charge is 2.24. The van der Waals surface area contributed by atoms with Crippen molar-refractivity contribution in [3.63, 3.8) is 0 Å². The fourth-order valence-electron chi connectivity index (χ4n) is 2.83. The summed E-state index contributed by atoms with van der Waals surface area (Å²) < 4.78 is 4.97. The Morgan fingerprint density at radius 3 is 2.46 bits per heavy atom. The molecule has 0 unspecified atom stereocenters. The van der Waals surface area contributed by atoms with Gasteiger partial charge in [-0.05, 0) is 24.6 Å². The number of hydrogen-bond donors (Lipinski definition) is 2. The van der Waals surface area contributed by atoms with E-state index in [2.05, 4.69) is 9.97 Å². The molecule has 1 aromatic heterocycles. The number of piperazine rings is 1. The summed E-state index contributed by atoms with van der Waals surface area (Å²) in [5, 5.41) is 0. The fourth-order valence-corrected chi connectivity index (χ4v) is 2.83. The van der Waals surface area contributed by atoms with Gasteiger partial charge in [0.15, 0.2) is 0 Å². The van der Waals surface area contributed by atoms with Crippen LogP contribution in [-0.2, 0) is 16.0 Å². The van der Waals surface area contributed by atoms with Crippen LogP contribution in [0.25, 0.3) is 11.0 Å². The van der Waals surface area contributed by atoms with Crippen LogP contribution in [0.5, 0.6) is 0 Å². The van der Waals surface area contributed by atoms with E-state index in [0.29, 0.717) is 38.3 Å².